The molecule has 1 N–H and O–H groups in total. The molecule has 1 aliphatic heterocycles. The zero-order valence-corrected chi connectivity index (χ0v) is 11.3. The first-order valence-electron chi connectivity index (χ1n) is 6.41. The lowest BCUT2D eigenvalue weighted by Crippen LogP contribution is -2.27. The van der Waals surface area contributed by atoms with E-state index in [2.05, 4.69) is 17.2 Å². The molecule has 1 saturated heterocycles. The number of hydrogen-bond donors (Lipinski definition) is 1. The van der Waals surface area contributed by atoms with Gasteiger partial charge in [-0.3, -0.25) is 4.79 Å². The summed E-state index contributed by atoms with van der Waals surface area (Å²) in [7, 11) is 0. The van der Waals surface area contributed by atoms with Crippen molar-refractivity contribution in [3.63, 3.8) is 0 Å². The Morgan fingerprint density at radius 2 is 2.17 bits per heavy atom. The van der Waals surface area contributed by atoms with Crippen LogP contribution in [-0.2, 0) is 0 Å². The molecule has 1 aromatic heterocycles. The molecule has 0 unspecified atom stereocenters. The molecule has 0 spiro atoms. The van der Waals surface area contributed by atoms with Gasteiger partial charge in [-0.15, -0.1) is 0 Å². The molecule has 2 rings (SSSR count). The molecule has 18 heavy (non-hydrogen) atoms. The third-order valence-corrected chi connectivity index (χ3v) is 3.18. The lowest BCUT2D eigenvalue weighted by molar-refractivity contribution is 0.0793. The van der Waals surface area contributed by atoms with E-state index < -0.39 is 0 Å². The number of carbonyl (C=O) groups excluding carboxylic acids is 1. The van der Waals surface area contributed by atoms with Crippen molar-refractivity contribution in [2.24, 2.45) is 0 Å². The Morgan fingerprint density at radius 3 is 2.83 bits per heavy atom. The summed E-state index contributed by atoms with van der Waals surface area (Å²) in [5, 5.41) is 3.51. The van der Waals surface area contributed by atoms with Gasteiger partial charge in [0, 0.05) is 25.2 Å². The first-order chi connectivity index (χ1) is 8.70. The summed E-state index contributed by atoms with van der Waals surface area (Å²) in [6.45, 7) is 4.59. The van der Waals surface area contributed by atoms with Crippen LogP contribution in [0.3, 0.4) is 0 Å². The minimum absolute atomic E-state index is 0.0522. The van der Waals surface area contributed by atoms with Crippen LogP contribution in [0.2, 0.25) is 5.15 Å². The van der Waals surface area contributed by atoms with E-state index in [1.165, 1.54) is 0 Å². The van der Waals surface area contributed by atoms with Crippen molar-refractivity contribution < 1.29 is 4.79 Å². The van der Waals surface area contributed by atoms with Crippen molar-refractivity contribution in [3.8, 4) is 0 Å². The first kappa shape index (κ1) is 13.1. The second-order valence-corrected chi connectivity index (χ2v) is 4.88. The van der Waals surface area contributed by atoms with Gasteiger partial charge < -0.3 is 10.2 Å². The fourth-order valence-electron chi connectivity index (χ4n) is 2.07. The van der Waals surface area contributed by atoms with Crippen LogP contribution in [0.25, 0.3) is 0 Å². The number of carbonyl (C=O) groups is 1. The SMILES string of the molecule is CCCNc1cc(C(=O)N2CCCC2)cc(Cl)n1. The van der Waals surface area contributed by atoms with Crippen LogP contribution in [0.4, 0.5) is 5.82 Å². The number of amides is 1. The van der Waals surface area contributed by atoms with Gasteiger partial charge in [0.25, 0.3) is 5.91 Å². The van der Waals surface area contributed by atoms with Crippen LogP contribution in [0.1, 0.15) is 36.5 Å². The topological polar surface area (TPSA) is 45.2 Å². The monoisotopic (exact) mass is 267 g/mol. The standard InChI is InChI=1S/C13H18ClN3O/c1-2-5-15-12-9-10(8-11(14)16-12)13(18)17-6-3-4-7-17/h8-9H,2-7H2,1H3,(H,15,16). The highest BCUT2D eigenvalue weighted by Crippen LogP contribution is 2.18. The van der Waals surface area contributed by atoms with Crippen LogP contribution < -0.4 is 5.32 Å². The fraction of sp³-hybridized carbons (Fsp3) is 0.538. The smallest absolute Gasteiger partial charge is 0.254 e. The predicted octanol–water partition coefficient (Wildman–Crippen LogP) is 2.79. The predicted molar refractivity (Wildman–Crippen MR) is 73.2 cm³/mol. The molecule has 1 amide bonds. The number of likely N-dealkylation sites (tertiary alicyclic amines) is 1. The number of nitrogens with zero attached hydrogens (tertiary/aromatic N) is 2. The van der Waals surface area contributed by atoms with Gasteiger partial charge in [-0.25, -0.2) is 4.98 Å². The molecule has 1 aromatic rings. The van der Waals surface area contributed by atoms with Crippen LogP contribution in [-0.4, -0.2) is 35.4 Å². The van der Waals surface area contributed by atoms with Crippen molar-refractivity contribution in [1.82, 2.24) is 9.88 Å². The third kappa shape index (κ3) is 3.13. The van der Waals surface area contributed by atoms with Crippen molar-refractivity contribution in [3.05, 3.63) is 22.8 Å². The molecule has 1 fully saturated rings. The second kappa shape index (κ2) is 6.05. The Labute approximate surface area is 112 Å². The van der Waals surface area contributed by atoms with E-state index in [1.54, 1.807) is 12.1 Å². The van der Waals surface area contributed by atoms with Gasteiger partial charge in [-0.05, 0) is 31.4 Å². The van der Waals surface area contributed by atoms with Crippen LogP contribution in [0, 0.1) is 0 Å². The van der Waals surface area contributed by atoms with E-state index >= 15 is 0 Å². The van der Waals surface area contributed by atoms with Crippen molar-refractivity contribution >= 4 is 23.3 Å². The van der Waals surface area contributed by atoms with Crippen LogP contribution >= 0.6 is 11.6 Å². The molecular formula is C13H18ClN3O. The quantitative estimate of drug-likeness (QED) is 0.854. The molecule has 0 radical (unpaired) electrons. The number of rotatable bonds is 4. The van der Waals surface area contributed by atoms with Gasteiger partial charge in [-0.2, -0.15) is 0 Å². The molecule has 0 aliphatic carbocycles. The van der Waals surface area contributed by atoms with E-state index in [4.69, 9.17) is 11.6 Å². The van der Waals surface area contributed by atoms with Crippen molar-refractivity contribution in [2.45, 2.75) is 26.2 Å². The maximum absolute atomic E-state index is 12.2. The van der Waals surface area contributed by atoms with Gasteiger partial charge in [0.2, 0.25) is 0 Å². The largest absolute Gasteiger partial charge is 0.370 e. The highest BCUT2D eigenvalue weighted by Gasteiger charge is 2.20. The molecule has 4 nitrogen and oxygen atoms in total. The normalized spacial score (nSPS) is 14.9. The number of hydrogen-bond acceptors (Lipinski definition) is 3. The maximum Gasteiger partial charge on any atom is 0.254 e. The Hall–Kier alpha value is -1.29. The molecular weight excluding hydrogens is 250 g/mol. The summed E-state index contributed by atoms with van der Waals surface area (Å²) in [5.41, 5.74) is 0.621. The van der Waals surface area contributed by atoms with Crippen molar-refractivity contribution in [1.29, 1.82) is 0 Å². The number of anilines is 1. The van der Waals surface area contributed by atoms with Crippen LogP contribution in [0.5, 0.6) is 0 Å². The number of halogens is 1. The minimum Gasteiger partial charge on any atom is -0.370 e. The average molecular weight is 268 g/mol. The average Bonchev–Trinajstić information content (AvgIpc) is 2.88. The van der Waals surface area contributed by atoms with E-state index in [-0.39, 0.29) is 5.91 Å². The molecule has 0 bridgehead atoms. The third-order valence-electron chi connectivity index (χ3n) is 2.99. The van der Waals surface area contributed by atoms with Crippen molar-refractivity contribution in [2.75, 3.05) is 25.0 Å². The summed E-state index contributed by atoms with van der Waals surface area (Å²) in [6.07, 6.45) is 3.18. The molecule has 0 aromatic carbocycles. The van der Waals surface area contributed by atoms with E-state index in [0.29, 0.717) is 16.5 Å². The number of nitrogens with one attached hydrogen (secondary N) is 1. The van der Waals surface area contributed by atoms with Gasteiger partial charge in [-0.1, -0.05) is 18.5 Å². The van der Waals surface area contributed by atoms with E-state index in [9.17, 15) is 4.79 Å². The van der Waals surface area contributed by atoms with Gasteiger partial charge in [0.1, 0.15) is 11.0 Å². The summed E-state index contributed by atoms with van der Waals surface area (Å²) >= 11 is 5.96. The fourth-order valence-corrected chi connectivity index (χ4v) is 2.28. The minimum atomic E-state index is 0.0522. The Bertz CT molecular complexity index is 430. The summed E-state index contributed by atoms with van der Waals surface area (Å²) < 4.78 is 0. The van der Waals surface area contributed by atoms with Gasteiger partial charge in [0.05, 0.1) is 0 Å². The maximum atomic E-state index is 12.2. The molecule has 98 valence electrons. The Balaban J connectivity index is 2.15. The molecule has 2 heterocycles. The zero-order valence-electron chi connectivity index (χ0n) is 10.6. The van der Waals surface area contributed by atoms with Gasteiger partial charge in [0.15, 0.2) is 0 Å². The second-order valence-electron chi connectivity index (χ2n) is 4.49. The molecule has 1 aliphatic rings. The number of aromatic nitrogens is 1. The number of pyridine rings is 1. The van der Waals surface area contributed by atoms with Gasteiger partial charge >= 0.3 is 0 Å². The molecule has 0 atom stereocenters. The highest BCUT2D eigenvalue weighted by molar-refractivity contribution is 6.29. The lowest BCUT2D eigenvalue weighted by atomic mass is 10.2. The lowest BCUT2D eigenvalue weighted by Gasteiger charge is -2.16. The first-order valence-corrected chi connectivity index (χ1v) is 6.79. The zero-order chi connectivity index (χ0) is 13.0. The van der Waals surface area contributed by atoms with E-state index in [0.717, 1.165) is 38.9 Å². The summed E-state index contributed by atoms with van der Waals surface area (Å²) in [6, 6.07) is 3.42. The molecule has 0 saturated carbocycles. The Kier molecular flexibility index (Phi) is 4.42. The molecule has 5 heteroatoms. The van der Waals surface area contributed by atoms with Crippen LogP contribution in [0.15, 0.2) is 12.1 Å². The highest BCUT2D eigenvalue weighted by atomic mass is 35.5. The van der Waals surface area contributed by atoms with E-state index in [1.807, 2.05) is 4.90 Å². The summed E-state index contributed by atoms with van der Waals surface area (Å²) in [4.78, 5) is 18.3. The Morgan fingerprint density at radius 1 is 1.44 bits per heavy atom. The summed E-state index contributed by atoms with van der Waals surface area (Å²) in [5.74, 6) is 0.725.